The number of hydrogen-bond acceptors (Lipinski definition) is 2. The van der Waals surface area contributed by atoms with Gasteiger partial charge in [-0.1, -0.05) is 58.3 Å². The molecule has 2 N–H and O–H groups in total. The zero-order valence-corrected chi connectivity index (χ0v) is 10.7. The maximum atomic E-state index is 10.6. The Bertz CT molecular complexity index is 217. The van der Waals surface area contributed by atoms with Gasteiger partial charge in [0.15, 0.2) is 5.92 Å². The second-order valence-corrected chi connectivity index (χ2v) is 4.49. The van der Waals surface area contributed by atoms with Crippen LogP contribution in [0, 0.1) is 5.92 Å². The molecule has 0 saturated heterocycles. The maximum absolute atomic E-state index is 10.6. The first-order chi connectivity index (χ1) is 8.09. The Labute approximate surface area is 131 Å². The van der Waals surface area contributed by atoms with Crippen molar-refractivity contribution in [1.82, 2.24) is 0 Å². The van der Waals surface area contributed by atoms with Crippen LogP contribution in [-0.2, 0) is 9.59 Å². The summed E-state index contributed by atoms with van der Waals surface area (Å²) >= 11 is 0. The molecule has 0 atom stereocenters. The average Bonchev–Trinajstić information content (AvgIpc) is 2.26. The molecule has 0 saturated carbocycles. The fraction of sp³-hybridized carbons (Fsp3) is 0.846. The monoisotopic (exact) mass is 268 g/mol. The zero-order chi connectivity index (χ0) is 13.1. The molecule has 0 aromatic rings. The Hall–Kier alpha value is -0.0600. The normalized spacial score (nSPS) is 10.1. The number of carboxylic acid groups (broad SMARTS) is 2. The number of carbonyl (C=O) groups is 2. The Balaban J connectivity index is 0. The van der Waals surface area contributed by atoms with Crippen LogP contribution in [0.25, 0.3) is 0 Å². The predicted octanol–water partition coefficient (Wildman–Crippen LogP) is 2.65. The van der Waals surface area contributed by atoms with Gasteiger partial charge in [-0.2, -0.15) is 0 Å². The summed E-state index contributed by atoms with van der Waals surface area (Å²) in [4.78, 5) is 21.2. The van der Waals surface area contributed by atoms with Crippen LogP contribution < -0.4 is 0 Å². The van der Waals surface area contributed by atoms with E-state index >= 15 is 0 Å². The first kappa shape index (κ1) is 20.3. The van der Waals surface area contributed by atoms with Crippen LogP contribution in [0.4, 0.5) is 0 Å². The molecule has 4 nitrogen and oxygen atoms in total. The quantitative estimate of drug-likeness (QED) is 0.343. The number of hydrogen-bond donors (Lipinski definition) is 2. The molecule has 0 aliphatic rings. The SMILES string of the molecule is CCCCCCCCCCC(C(=O)O)C(=O)O.[NaH]. The Kier molecular flexibility index (Phi) is 15.1. The molecule has 0 aliphatic carbocycles. The minimum atomic E-state index is -1.23. The van der Waals surface area contributed by atoms with E-state index in [9.17, 15) is 9.59 Å². The Morgan fingerprint density at radius 2 is 1.22 bits per heavy atom. The van der Waals surface area contributed by atoms with Gasteiger partial charge in [-0.15, -0.1) is 0 Å². The molecule has 0 bridgehead atoms. The molecular weight excluding hydrogens is 243 g/mol. The van der Waals surface area contributed by atoms with Crippen molar-refractivity contribution in [2.24, 2.45) is 5.92 Å². The third kappa shape index (κ3) is 11.1. The van der Waals surface area contributed by atoms with E-state index in [4.69, 9.17) is 10.2 Å². The van der Waals surface area contributed by atoms with Crippen molar-refractivity contribution in [2.45, 2.75) is 64.7 Å². The zero-order valence-electron chi connectivity index (χ0n) is 10.7. The van der Waals surface area contributed by atoms with E-state index in [1.54, 1.807) is 0 Å². The summed E-state index contributed by atoms with van der Waals surface area (Å²) in [5.41, 5.74) is 0. The molecule has 0 aromatic carbocycles. The Morgan fingerprint density at radius 1 is 0.833 bits per heavy atom. The fourth-order valence-corrected chi connectivity index (χ4v) is 1.83. The average molecular weight is 268 g/mol. The summed E-state index contributed by atoms with van der Waals surface area (Å²) in [6.45, 7) is 2.18. The fourth-order valence-electron chi connectivity index (χ4n) is 1.83. The molecule has 0 aliphatic heterocycles. The standard InChI is InChI=1S/C13H24O4.Na.H/c1-2-3-4-5-6-7-8-9-10-11(12(14)15)13(16)17;;/h11H,2-10H2,1H3,(H,14,15)(H,16,17);;. The van der Waals surface area contributed by atoms with E-state index < -0.39 is 17.9 Å². The Morgan fingerprint density at radius 3 is 1.61 bits per heavy atom. The molecule has 0 radical (unpaired) electrons. The summed E-state index contributed by atoms with van der Waals surface area (Å²) in [6.07, 6.45) is 9.14. The first-order valence-corrected chi connectivity index (χ1v) is 6.55. The van der Waals surface area contributed by atoms with Crippen molar-refractivity contribution in [1.29, 1.82) is 0 Å². The minimum absolute atomic E-state index is 0. The number of rotatable bonds is 11. The van der Waals surface area contributed by atoms with Crippen molar-refractivity contribution < 1.29 is 19.8 Å². The van der Waals surface area contributed by atoms with Gasteiger partial charge in [0.25, 0.3) is 0 Å². The number of carboxylic acids is 2. The van der Waals surface area contributed by atoms with Gasteiger partial charge in [0, 0.05) is 0 Å². The van der Waals surface area contributed by atoms with E-state index in [2.05, 4.69) is 6.92 Å². The molecule has 18 heavy (non-hydrogen) atoms. The van der Waals surface area contributed by atoms with Gasteiger partial charge < -0.3 is 10.2 Å². The van der Waals surface area contributed by atoms with E-state index in [1.807, 2.05) is 0 Å². The summed E-state index contributed by atoms with van der Waals surface area (Å²) in [5, 5.41) is 17.3. The number of aliphatic carboxylic acids is 2. The first-order valence-electron chi connectivity index (χ1n) is 6.55. The van der Waals surface area contributed by atoms with Gasteiger partial charge in [0.2, 0.25) is 0 Å². The molecule has 0 rings (SSSR count). The van der Waals surface area contributed by atoms with Crippen LogP contribution >= 0.6 is 0 Å². The van der Waals surface area contributed by atoms with E-state index in [-0.39, 0.29) is 36.0 Å². The van der Waals surface area contributed by atoms with Crippen LogP contribution in [0.15, 0.2) is 0 Å². The molecule has 0 spiro atoms. The van der Waals surface area contributed by atoms with Crippen molar-refractivity contribution in [3.05, 3.63) is 0 Å². The van der Waals surface area contributed by atoms with Crippen LogP contribution in [0.5, 0.6) is 0 Å². The van der Waals surface area contributed by atoms with Crippen LogP contribution in [0.3, 0.4) is 0 Å². The van der Waals surface area contributed by atoms with Crippen molar-refractivity contribution in [3.63, 3.8) is 0 Å². The summed E-state index contributed by atoms with van der Waals surface area (Å²) in [7, 11) is 0. The number of unbranched alkanes of at least 4 members (excludes halogenated alkanes) is 7. The van der Waals surface area contributed by atoms with E-state index in [1.165, 1.54) is 32.1 Å². The molecule has 0 unspecified atom stereocenters. The second kappa shape index (κ2) is 13.4. The molecule has 5 heteroatoms. The molecule has 0 fully saturated rings. The van der Waals surface area contributed by atoms with Gasteiger partial charge in [-0.3, -0.25) is 9.59 Å². The predicted molar refractivity (Wildman–Crippen MR) is 73.1 cm³/mol. The van der Waals surface area contributed by atoms with Gasteiger partial charge in [-0.25, -0.2) is 0 Å². The molecular formula is C13H25NaO4. The van der Waals surface area contributed by atoms with Crippen LogP contribution in [0.1, 0.15) is 64.7 Å². The van der Waals surface area contributed by atoms with Crippen molar-refractivity contribution in [3.8, 4) is 0 Å². The molecule has 0 heterocycles. The van der Waals surface area contributed by atoms with Crippen molar-refractivity contribution in [2.75, 3.05) is 0 Å². The van der Waals surface area contributed by atoms with Gasteiger partial charge in [-0.05, 0) is 6.42 Å². The third-order valence-electron chi connectivity index (χ3n) is 2.94. The van der Waals surface area contributed by atoms with Gasteiger partial charge >= 0.3 is 41.5 Å². The van der Waals surface area contributed by atoms with Gasteiger partial charge in [0.05, 0.1) is 0 Å². The van der Waals surface area contributed by atoms with Crippen LogP contribution in [0.2, 0.25) is 0 Å². The third-order valence-corrected chi connectivity index (χ3v) is 2.94. The topological polar surface area (TPSA) is 74.6 Å². The van der Waals surface area contributed by atoms with Gasteiger partial charge in [0.1, 0.15) is 0 Å². The molecule has 0 aromatic heterocycles. The van der Waals surface area contributed by atoms with Crippen molar-refractivity contribution >= 4 is 41.5 Å². The summed E-state index contributed by atoms with van der Waals surface area (Å²) < 4.78 is 0. The molecule has 0 amide bonds. The summed E-state index contributed by atoms with van der Waals surface area (Å²) in [5.74, 6) is -3.67. The van der Waals surface area contributed by atoms with E-state index in [0.717, 1.165) is 12.8 Å². The second-order valence-electron chi connectivity index (χ2n) is 4.49. The molecule has 102 valence electrons. The van der Waals surface area contributed by atoms with E-state index in [0.29, 0.717) is 6.42 Å². The summed E-state index contributed by atoms with van der Waals surface area (Å²) in [6, 6.07) is 0. The van der Waals surface area contributed by atoms with Crippen LogP contribution in [-0.4, -0.2) is 51.7 Å².